The average Bonchev–Trinajstić information content (AvgIpc) is 3.42. The van der Waals surface area contributed by atoms with E-state index in [4.69, 9.17) is 53.6 Å². The van der Waals surface area contributed by atoms with Crippen molar-refractivity contribution in [1.29, 1.82) is 0 Å². The number of amides is 1. The van der Waals surface area contributed by atoms with Crippen LogP contribution < -0.4 is 31.1 Å². The Morgan fingerprint density at radius 1 is 1.13 bits per heavy atom. The highest BCUT2D eigenvalue weighted by Gasteiger charge is 2.40. The summed E-state index contributed by atoms with van der Waals surface area (Å²) in [6.07, 6.45) is 1.17. The van der Waals surface area contributed by atoms with Crippen molar-refractivity contribution in [1.82, 2.24) is 19.9 Å². The van der Waals surface area contributed by atoms with Gasteiger partial charge in [-0.2, -0.15) is 13.2 Å². The predicted molar refractivity (Wildman–Crippen MR) is 195 cm³/mol. The van der Waals surface area contributed by atoms with Crippen molar-refractivity contribution >= 4 is 64.0 Å². The fourth-order valence-corrected chi connectivity index (χ4v) is 5.65. The van der Waals surface area contributed by atoms with Crippen molar-refractivity contribution in [3.8, 4) is 5.75 Å². The van der Waals surface area contributed by atoms with Crippen LogP contribution in [0.2, 0.25) is 10.2 Å². The van der Waals surface area contributed by atoms with Crippen LogP contribution in [0.5, 0.6) is 5.75 Å². The maximum Gasteiger partial charge on any atom is 0.490 e. The first kappa shape index (κ1) is 43.6. The molecule has 0 radical (unpaired) electrons. The number of hydrogen-bond acceptors (Lipinski definition) is 11. The number of nitrogen functional groups attached to an aromatic ring is 2. The van der Waals surface area contributed by atoms with Crippen LogP contribution in [0, 0.1) is 5.92 Å². The molecule has 0 aliphatic carbocycles. The maximum absolute atomic E-state index is 13.1. The number of nitrogens with two attached hydrogens (primary N) is 2. The van der Waals surface area contributed by atoms with Crippen LogP contribution in [0.1, 0.15) is 42.5 Å². The maximum atomic E-state index is 13.1. The van der Waals surface area contributed by atoms with Crippen molar-refractivity contribution in [3.05, 3.63) is 58.0 Å². The number of nitrogens with zero attached hydrogens (tertiary/aromatic N) is 4. The van der Waals surface area contributed by atoms with E-state index in [1.54, 1.807) is 26.5 Å². The van der Waals surface area contributed by atoms with Crippen LogP contribution in [-0.4, -0.2) is 86.5 Å². The molecule has 2 aromatic heterocycles. The first-order valence-electron chi connectivity index (χ1n) is 16.7. The second-order valence-electron chi connectivity index (χ2n) is 11.6. The van der Waals surface area contributed by atoms with Crippen LogP contribution in [0.4, 0.5) is 24.8 Å². The van der Waals surface area contributed by atoms with Crippen LogP contribution in [0.15, 0.2) is 36.3 Å². The van der Waals surface area contributed by atoms with E-state index in [-0.39, 0.29) is 29.0 Å². The second-order valence-corrected chi connectivity index (χ2v) is 12.4. The van der Waals surface area contributed by atoms with Crippen molar-refractivity contribution < 1.29 is 56.0 Å². The smallest absolute Gasteiger partial charge is 0.490 e. The van der Waals surface area contributed by atoms with Crippen LogP contribution in [0.25, 0.3) is 11.0 Å². The van der Waals surface area contributed by atoms with Gasteiger partial charge in [0.05, 0.1) is 46.0 Å². The number of alkyl halides is 3. The highest BCUT2D eigenvalue weighted by molar-refractivity contribution is 6.32. The molecule has 1 aliphatic heterocycles. The van der Waals surface area contributed by atoms with E-state index in [2.05, 4.69) is 40.7 Å². The molecule has 15 nitrogen and oxygen atoms in total. The van der Waals surface area contributed by atoms with Crippen molar-refractivity contribution in [2.45, 2.75) is 52.0 Å². The zero-order valence-corrected chi connectivity index (χ0v) is 31.9. The molecule has 1 saturated heterocycles. The number of esters is 1. The Morgan fingerprint density at radius 3 is 2.43 bits per heavy atom. The Kier molecular flexibility index (Phi) is 16.6. The SMILES string of the molecule is C=C(/C=C(\C=[NH+]CCCOc1cc2c(cc1Cl)n(CC)c(CNC(=O)c1nc(Cl)c(N)nc1N)[n+]2CC1CCOCC1)OC)OC.COC(=O)C(F)(F)F. The monoisotopic (exact) mass is 804 g/mol. The molecule has 296 valence electrons. The molecule has 0 saturated carbocycles. The Labute approximate surface area is 320 Å². The molecule has 0 unspecified atom stereocenters. The van der Waals surface area contributed by atoms with Gasteiger partial charge >= 0.3 is 12.1 Å². The van der Waals surface area contributed by atoms with Gasteiger partial charge in [-0.3, -0.25) is 4.79 Å². The molecule has 3 aromatic rings. The Balaban J connectivity index is 0.000000879. The van der Waals surface area contributed by atoms with Gasteiger partial charge in [0.15, 0.2) is 39.3 Å². The quantitative estimate of drug-likeness (QED) is 0.0441. The molecule has 0 atom stereocenters. The fourth-order valence-electron chi connectivity index (χ4n) is 5.31. The highest BCUT2D eigenvalue weighted by atomic mass is 35.5. The van der Waals surface area contributed by atoms with Gasteiger partial charge in [0, 0.05) is 43.8 Å². The largest absolute Gasteiger partial charge is 0.497 e. The molecule has 20 heteroatoms. The number of ether oxygens (including phenoxy) is 5. The average molecular weight is 806 g/mol. The van der Waals surface area contributed by atoms with Gasteiger partial charge in [0.1, 0.15) is 24.6 Å². The molecule has 1 aromatic carbocycles. The predicted octanol–water partition coefficient (Wildman–Crippen LogP) is 2.90. The number of aromatic nitrogens is 4. The number of methoxy groups -OCH3 is 3. The summed E-state index contributed by atoms with van der Waals surface area (Å²) in [5, 5.41) is 3.35. The molecule has 4 rings (SSSR count). The highest BCUT2D eigenvalue weighted by Crippen LogP contribution is 2.31. The summed E-state index contributed by atoms with van der Waals surface area (Å²) in [6, 6.07) is 3.88. The van der Waals surface area contributed by atoms with Crippen LogP contribution in [0.3, 0.4) is 0 Å². The number of anilines is 2. The summed E-state index contributed by atoms with van der Waals surface area (Å²) in [4.78, 5) is 33.8. The molecule has 3 heterocycles. The number of hydrogen-bond donors (Lipinski definition) is 4. The molecule has 0 spiro atoms. The number of carbonyl (C=O) groups is 2. The van der Waals surface area contributed by atoms with Crippen molar-refractivity contribution in [3.63, 3.8) is 0 Å². The van der Waals surface area contributed by atoms with Gasteiger partial charge in [-0.25, -0.2) is 28.9 Å². The van der Waals surface area contributed by atoms with Gasteiger partial charge in [0.2, 0.25) is 6.21 Å². The fraction of sp³-hybridized carbons (Fsp3) is 0.471. The lowest BCUT2D eigenvalue weighted by Crippen LogP contribution is -2.69. The van der Waals surface area contributed by atoms with Gasteiger partial charge < -0.3 is 40.5 Å². The first-order valence-corrected chi connectivity index (χ1v) is 17.4. The van der Waals surface area contributed by atoms with Gasteiger partial charge in [-0.15, -0.1) is 0 Å². The number of halogens is 5. The zero-order valence-electron chi connectivity index (χ0n) is 30.4. The minimum absolute atomic E-state index is 0.0393. The van der Waals surface area contributed by atoms with E-state index in [0.29, 0.717) is 74.6 Å². The van der Waals surface area contributed by atoms with E-state index in [1.807, 2.05) is 19.1 Å². The lowest BCUT2D eigenvalue weighted by Gasteiger charge is -2.21. The Bertz CT molecular complexity index is 1850. The normalized spacial score (nSPS) is 13.7. The molecule has 1 aliphatic rings. The summed E-state index contributed by atoms with van der Waals surface area (Å²) in [5.41, 5.74) is 13.4. The Hall–Kier alpha value is -4.81. The minimum atomic E-state index is -4.85. The summed E-state index contributed by atoms with van der Waals surface area (Å²) >= 11 is 12.8. The third kappa shape index (κ3) is 12.1. The van der Waals surface area contributed by atoms with E-state index < -0.39 is 18.1 Å². The number of benzene rings is 1. The van der Waals surface area contributed by atoms with E-state index in [1.165, 1.54) is 0 Å². The number of nitrogens with one attached hydrogen (secondary N) is 2. The summed E-state index contributed by atoms with van der Waals surface area (Å²) in [5.74, 6) is 0.132. The molecule has 0 bridgehead atoms. The standard InChI is InChI=1S/C31H40Cl2N8O5.C3H3F3O2/c1-5-40-23-14-22(32)25(46-10-6-9-36-16-21(44-4)13-19(2)43-3)15-24(23)41(18-20-7-11-45-12-8-20)26(40)17-37-31(42)27-29(34)39-30(35)28(33)38-27;1-8-2(7)3(4,5)6/h13-16,20H,2,5-12,17-18H2,1,3-4H3,(H4-,34,35,37,39,42);1H3/p+2/b21-13+,36-16?;. The first-order chi connectivity index (χ1) is 25.6. The molecule has 54 heavy (non-hydrogen) atoms. The third-order valence-corrected chi connectivity index (χ3v) is 8.62. The van der Waals surface area contributed by atoms with Gasteiger partial charge in [-0.05, 0) is 19.8 Å². The molecular formula is C34H45Cl2F3N8O7+2. The third-order valence-electron chi connectivity index (χ3n) is 8.04. The molecular weight excluding hydrogens is 760 g/mol. The topological polar surface area (TPSA) is 193 Å². The van der Waals surface area contributed by atoms with Crippen LogP contribution >= 0.6 is 23.2 Å². The van der Waals surface area contributed by atoms with Crippen LogP contribution in [-0.2, 0) is 43.4 Å². The molecule has 1 amide bonds. The number of imidazole rings is 1. The lowest BCUT2D eigenvalue weighted by atomic mass is 10.0. The van der Waals surface area contributed by atoms with E-state index in [0.717, 1.165) is 36.2 Å². The molecule has 1 fully saturated rings. The summed E-state index contributed by atoms with van der Waals surface area (Å²) < 4.78 is 62.8. The van der Waals surface area contributed by atoms with Crippen molar-refractivity contribution in [2.24, 2.45) is 5.92 Å². The van der Waals surface area contributed by atoms with Gasteiger partial charge in [-0.1, -0.05) is 29.8 Å². The number of aryl methyl sites for hydroxylation is 1. The lowest BCUT2D eigenvalue weighted by molar-refractivity contribution is -0.687. The zero-order chi connectivity index (χ0) is 40.0. The van der Waals surface area contributed by atoms with Gasteiger partial charge in [0.25, 0.3) is 11.7 Å². The molecule has 6 N–H and O–H groups in total. The van der Waals surface area contributed by atoms with E-state index in [9.17, 15) is 22.8 Å². The minimum Gasteiger partial charge on any atom is -0.497 e. The second kappa shape index (κ2) is 20.6. The number of carbonyl (C=O) groups excluding carboxylic acids is 2. The Morgan fingerprint density at radius 2 is 1.83 bits per heavy atom. The van der Waals surface area contributed by atoms with Crippen molar-refractivity contribution in [2.75, 3.05) is 59.2 Å². The number of allylic oxidation sites excluding steroid dienone is 2. The number of rotatable bonds is 15. The summed E-state index contributed by atoms with van der Waals surface area (Å²) in [6.45, 7) is 9.91. The number of fused-ring (bicyclic) bond motifs is 1. The summed E-state index contributed by atoms with van der Waals surface area (Å²) in [7, 11) is 3.80. The van der Waals surface area contributed by atoms with E-state index >= 15 is 0 Å².